The van der Waals surface area contributed by atoms with Crippen LogP contribution in [-0.2, 0) is 4.79 Å². The van der Waals surface area contributed by atoms with Gasteiger partial charge in [0.15, 0.2) is 0 Å². The van der Waals surface area contributed by atoms with E-state index in [2.05, 4.69) is 16.0 Å². The van der Waals surface area contributed by atoms with Crippen molar-refractivity contribution >= 4 is 11.7 Å². The van der Waals surface area contributed by atoms with Crippen molar-refractivity contribution in [3.63, 3.8) is 0 Å². The number of piperidine rings is 2. The van der Waals surface area contributed by atoms with E-state index in [9.17, 15) is 10.1 Å². The van der Waals surface area contributed by atoms with Crippen LogP contribution in [0.3, 0.4) is 0 Å². The van der Waals surface area contributed by atoms with Gasteiger partial charge in [0.2, 0.25) is 5.91 Å². The maximum atomic E-state index is 11.9. The van der Waals surface area contributed by atoms with E-state index in [1.165, 1.54) is 0 Å². The van der Waals surface area contributed by atoms with Gasteiger partial charge in [0.05, 0.1) is 5.56 Å². The average molecular weight is 298 g/mol. The Morgan fingerprint density at radius 3 is 2.82 bits per heavy atom. The Bertz CT molecular complexity index is 572. The molecule has 2 aliphatic heterocycles. The number of nitrogens with zero attached hydrogens (tertiary/aromatic N) is 4. The highest BCUT2D eigenvalue weighted by Crippen LogP contribution is 2.25. The lowest BCUT2D eigenvalue weighted by Gasteiger charge is -2.36. The molecule has 0 aromatic carbocycles. The van der Waals surface area contributed by atoms with Gasteiger partial charge in [-0.2, -0.15) is 5.26 Å². The van der Waals surface area contributed by atoms with Crippen LogP contribution >= 0.6 is 0 Å². The molecule has 0 saturated carbocycles. The van der Waals surface area contributed by atoms with Crippen molar-refractivity contribution in [3.8, 4) is 6.07 Å². The number of nitriles is 1. The van der Waals surface area contributed by atoms with Gasteiger partial charge in [-0.15, -0.1) is 0 Å². The van der Waals surface area contributed by atoms with Crippen molar-refractivity contribution in [1.29, 1.82) is 5.26 Å². The fourth-order valence-electron chi connectivity index (χ4n) is 3.43. The van der Waals surface area contributed by atoms with E-state index in [1.54, 1.807) is 12.3 Å². The standard InChI is InChI=1S/C17H22N4O/c18-12-15-4-3-8-19-17(15)20-10-6-14(7-11-20)13-21-9-2-1-5-16(21)22/h3-4,8,14H,1-2,5-7,9-11,13H2. The lowest BCUT2D eigenvalue weighted by atomic mass is 9.95. The Morgan fingerprint density at radius 2 is 2.09 bits per heavy atom. The molecule has 5 heteroatoms. The quantitative estimate of drug-likeness (QED) is 0.858. The molecule has 1 aromatic rings. The van der Waals surface area contributed by atoms with Gasteiger partial charge in [-0.3, -0.25) is 4.79 Å². The number of aromatic nitrogens is 1. The molecule has 2 fully saturated rings. The largest absolute Gasteiger partial charge is 0.356 e. The number of carbonyl (C=O) groups excluding carboxylic acids is 1. The summed E-state index contributed by atoms with van der Waals surface area (Å²) < 4.78 is 0. The molecule has 1 amide bonds. The normalized spacial score (nSPS) is 20.0. The lowest BCUT2D eigenvalue weighted by Crippen LogP contribution is -2.43. The van der Waals surface area contributed by atoms with Crippen LogP contribution in [0.25, 0.3) is 0 Å². The van der Waals surface area contributed by atoms with E-state index in [4.69, 9.17) is 0 Å². The summed E-state index contributed by atoms with van der Waals surface area (Å²) in [6.45, 7) is 3.66. The molecule has 1 aromatic heterocycles. The number of amides is 1. The number of carbonyl (C=O) groups is 1. The molecule has 0 atom stereocenters. The Hall–Kier alpha value is -2.09. The van der Waals surface area contributed by atoms with Crippen LogP contribution in [0.4, 0.5) is 5.82 Å². The third-order valence-electron chi connectivity index (χ3n) is 4.72. The molecule has 116 valence electrons. The number of likely N-dealkylation sites (tertiary alicyclic amines) is 1. The molecule has 2 aliphatic rings. The lowest BCUT2D eigenvalue weighted by molar-refractivity contribution is -0.134. The summed E-state index contributed by atoms with van der Waals surface area (Å²) in [4.78, 5) is 20.5. The first-order chi connectivity index (χ1) is 10.8. The summed E-state index contributed by atoms with van der Waals surface area (Å²) in [6.07, 6.45) is 6.78. The SMILES string of the molecule is N#Cc1cccnc1N1CCC(CN2CCCCC2=O)CC1. The number of anilines is 1. The van der Waals surface area contributed by atoms with Crippen molar-refractivity contribution in [2.75, 3.05) is 31.1 Å². The minimum atomic E-state index is 0.324. The highest BCUT2D eigenvalue weighted by molar-refractivity contribution is 5.76. The van der Waals surface area contributed by atoms with Crippen LogP contribution in [-0.4, -0.2) is 42.0 Å². The first-order valence-electron chi connectivity index (χ1n) is 8.16. The van der Waals surface area contributed by atoms with Crippen LogP contribution in [0.2, 0.25) is 0 Å². The van der Waals surface area contributed by atoms with Crippen LogP contribution in [0.15, 0.2) is 18.3 Å². The molecule has 22 heavy (non-hydrogen) atoms. The minimum Gasteiger partial charge on any atom is -0.356 e. The third kappa shape index (κ3) is 3.22. The van der Waals surface area contributed by atoms with Crippen molar-refractivity contribution < 1.29 is 4.79 Å². The van der Waals surface area contributed by atoms with Crippen molar-refractivity contribution in [3.05, 3.63) is 23.9 Å². The van der Waals surface area contributed by atoms with Gasteiger partial charge in [-0.1, -0.05) is 0 Å². The second kappa shape index (κ2) is 6.78. The molecule has 0 aliphatic carbocycles. The van der Waals surface area contributed by atoms with Gasteiger partial charge in [-0.25, -0.2) is 4.98 Å². The van der Waals surface area contributed by atoms with Gasteiger partial charge in [-0.05, 0) is 43.7 Å². The first kappa shape index (κ1) is 14.8. The van der Waals surface area contributed by atoms with Gasteiger partial charge in [0.25, 0.3) is 0 Å². The fourth-order valence-corrected chi connectivity index (χ4v) is 3.43. The van der Waals surface area contributed by atoms with Gasteiger partial charge < -0.3 is 9.80 Å². The Morgan fingerprint density at radius 1 is 1.27 bits per heavy atom. The maximum Gasteiger partial charge on any atom is 0.222 e. The van der Waals surface area contributed by atoms with Crippen LogP contribution in [0.5, 0.6) is 0 Å². The molecule has 3 rings (SSSR count). The molecule has 0 spiro atoms. The molecular weight excluding hydrogens is 276 g/mol. The molecule has 0 bridgehead atoms. The second-order valence-corrected chi connectivity index (χ2v) is 6.21. The topological polar surface area (TPSA) is 60.2 Å². The van der Waals surface area contributed by atoms with Gasteiger partial charge in [0.1, 0.15) is 11.9 Å². The van der Waals surface area contributed by atoms with Gasteiger partial charge in [0, 0.05) is 38.8 Å². The smallest absolute Gasteiger partial charge is 0.222 e. The van der Waals surface area contributed by atoms with E-state index < -0.39 is 0 Å². The molecule has 2 saturated heterocycles. The summed E-state index contributed by atoms with van der Waals surface area (Å²) >= 11 is 0. The van der Waals surface area contributed by atoms with Crippen LogP contribution < -0.4 is 4.90 Å². The number of rotatable bonds is 3. The molecule has 5 nitrogen and oxygen atoms in total. The van der Waals surface area contributed by atoms with Gasteiger partial charge >= 0.3 is 0 Å². The van der Waals surface area contributed by atoms with E-state index in [0.717, 1.165) is 64.1 Å². The summed E-state index contributed by atoms with van der Waals surface area (Å²) in [5.41, 5.74) is 0.646. The Kier molecular flexibility index (Phi) is 4.57. The minimum absolute atomic E-state index is 0.324. The van der Waals surface area contributed by atoms with E-state index in [1.807, 2.05) is 11.0 Å². The molecule has 3 heterocycles. The molecule has 0 N–H and O–H groups in total. The van der Waals surface area contributed by atoms with E-state index in [0.29, 0.717) is 17.4 Å². The number of hydrogen-bond acceptors (Lipinski definition) is 4. The van der Waals surface area contributed by atoms with Crippen molar-refractivity contribution in [2.24, 2.45) is 5.92 Å². The Labute approximate surface area is 131 Å². The summed E-state index contributed by atoms with van der Waals surface area (Å²) in [5, 5.41) is 9.19. The molecule has 0 unspecified atom stereocenters. The number of hydrogen-bond donors (Lipinski definition) is 0. The average Bonchev–Trinajstić information content (AvgIpc) is 2.58. The monoisotopic (exact) mass is 298 g/mol. The van der Waals surface area contributed by atoms with Crippen molar-refractivity contribution in [1.82, 2.24) is 9.88 Å². The van der Waals surface area contributed by atoms with Crippen LogP contribution in [0.1, 0.15) is 37.7 Å². The second-order valence-electron chi connectivity index (χ2n) is 6.21. The highest BCUT2D eigenvalue weighted by Gasteiger charge is 2.26. The Balaban J connectivity index is 1.56. The maximum absolute atomic E-state index is 11.9. The van der Waals surface area contributed by atoms with Crippen LogP contribution in [0, 0.1) is 17.2 Å². The number of pyridine rings is 1. The van der Waals surface area contributed by atoms with E-state index in [-0.39, 0.29) is 0 Å². The third-order valence-corrected chi connectivity index (χ3v) is 4.72. The van der Waals surface area contributed by atoms with Crippen molar-refractivity contribution in [2.45, 2.75) is 32.1 Å². The fraction of sp³-hybridized carbons (Fsp3) is 0.588. The zero-order valence-corrected chi connectivity index (χ0v) is 12.9. The van der Waals surface area contributed by atoms with E-state index >= 15 is 0 Å². The molecule has 0 radical (unpaired) electrons. The predicted octanol–water partition coefficient (Wildman–Crippen LogP) is 2.18. The summed E-state index contributed by atoms with van der Waals surface area (Å²) in [6, 6.07) is 5.84. The first-order valence-corrected chi connectivity index (χ1v) is 8.16. The zero-order valence-electron chi connectivity index (χ0n) is 12.9. The predicted molar refractivity (Wildman–Crippen MR) is 84.3 cm³/mol. The zero-order chi connectivity index (χ0) is 15.4. The summed E-state index contributed by atoms with van der Waals surface area (Å²) in [5.74, 6) is 1.70. The molecular formula is C17H22N4O. The highest BCUT2D eigenvalue weighted by atomic mass is 16.2. The summed E-state index contributed by atoms with van der Waals surface area (Å²) in [7, 11) is 0.